The topological polar surface area (TPSA) is 18.5 Å². The third-order valence-corrected chi connectivity index (χ3v) is 2.12. The van der Waals surface area contributed by atoms with E-state index in [4.69, 9.17) is 20.8 Å². The molecule has 0 fully saturated rings. The van der Waals surface area contributed by atoms with Crippen molar-refractivity contribution in [2.75, 3.05) is 0 Å². The highest BCUT2D eigenvalue weighted by Gasteiger charge is 2.19. The quantitative estimate of drug-likeness (QED) is 0.753. The number of hydrogen-bond donors (Lipinski definition) is 0. The fraction of sp³-hybridized carbons (Fsp3) is 0. The van der Waals surface area contributed by atoms with Gasteiger partial charge in [0, 0.05) is 0 Å². The Morgan fingerprint density at radius 2 is 1.06 bits per heavy atom. The minimum absolute atomic E-state index is 0.679. The Kier molecular flexibility index (Phi) is 3.73. The Hall–Kier alpha value is -1.61. The summed E-state index contributed by atoms with van der Waals surface area (Å²) in [6.07, 6.45) is 0. The summed E-state index contributed by atoms with van der Waals surface area (Å²) in [5, 5.41) is 0. The molecule has 0 N–H and O–H groups in total. The summed E-state index contributed by atoms with van der Waals surface area (Å²) in [5.41, 5.74) is 0. The summed E-state index contributed by atoms with van der Waals surface area (Å²) < 4.78 is 10.7. The maximum absolute atomic E-state index is 5.91. The molecule has 0 aliphatic rings. The van der Waals surface area contributed by atoms with E-state index in [1.54, 1.807) is 0 Å². The molecule has 0 aliphatic heterocycles. The van der Waals surface area contributed by atoms with Crippen molar-refractivity contribution < 1.29 is 9.31 Å². The maximum Gasteiger partial charge on any atom is 0.713 e. The van der Waals surface area contributed by atoms with Gasteiger partial charge in [-0.2, -0.15) is 0 Å². The Labute approximate surface area is 99.8 Å². The van der Waals surface area contributed by atoms with Gasteiger partial charge < -0.3 is 9.31 Å². The van der Waals surface area contributed by atoms with Gasteiger partial charge in [0.25, 0.3) is 0 Å². The van der Waals surface area contributed by atoms with Crippen molar-refractivity contribution in [2.24, 2.45) is 0 Å². The summed E-state index contributed by atoms with van der Waals surface area (Å²) in [6, 6.07) is 18.6. The first-order valence-corrected chi connectivity index (χ1v) is 5.36. The fourth-order valence-electron chi connectivity index (χ4n) is 1.24. The van der Waals surface area contributed by atoms with E-state index >= 15 is 0 Å². The molecule has 0 radical (unpaired) electrons. The van der Waals surface area contributed by atoms with E-state index in [0.29, 0.717) is 11.5 Å². The highest BCUT2D eigenvalue weighted by molar-refractivity contribution is 7.00. The van der Waals surface area contributed by atoms with Crippen molar-refractivity contribution >= 4 is 18.0 Å². The minimum Gasteiger partial charge on any atom is -0.513 e. The molecule has 0 amide bonds. The van der Waals surface area contributed by atoms with E-state index in [0.717, 1.165) is 0 Å². The van der Waals surface area contributed by atoms with Crippen molar-refractivity contribution in [1.29, 1.82) is 0 Å². The van der Waals surface area contributed by atoms with Crippen LogP contribution in [-0.4, -0.2) is 6.53 Å². The average molecular weight is 232 g/mol. The molecule has 0 unspecified atom stereocenters. The van der Waals surface area contributed by atoms with Gasteiger partial charge in [0.1, 0.15) is 11.5 Å². The van der Waals surface area contributed by atoms with E-state index in [1.165, 1.54) is 0 Å². The van der Waals surface area contributed by atoms with E-state index in [9.17, 15) is 0 Å². The van der Waals surface area contributed by atoms with Crippen LogP contribution < -0.4 is 9.31 Å². The van der Waals surface area contributed by atoms with Gasteiger partial charge in [-0.25, -0.2) is 0 Å². The van der Waals surface area contributed by atoms with Crippen molar-refractivity contribution in [1.82, 2.24) is 0 Å². The lowest BCUT2D eigenvalue weighted by Crippen LogP contribution is -2.22. The van der Waals surface area contributed by atoms with Crippen LogP contribution in [0.2, 0.25) is 0 Å². The predicted octanol–water partition coefficient (Wildman–Crippen LogP) is 3.37. The van der Waals surface area contributed by atoms with Gasteiger partial charge >= 0.3 is 6.53 Å². The van der Waals surface area contributed by atoms with Crippen LogP contribution in [0.5, 0.6) is 11.5 Å². The second-order valence-electron chi connectivity index (χ2n) is 3.14. The van der Waals surface area contributed by atoms with Gasteiger partial charge in [-0.15, -0.1) is 0 Å². The van der Waals surface area contributed by atoms with Gasteiger partial charge in [0.2, 0.25) is 0 Å². The lowest BCUT2D eigenvalue weighted by atomic mass is 10.3. The molecule has 0 saturated carbocycles. The summed E-state index contributed by atoms with van der Waals surface area (Å²) in [4.78, 5) is 0. The molecule has 2 aromatic rings. The standard InChI is InChI=1S/C12H10BClO2/c14-13(15-11-7-3-1-4-8-11)16-12-9-5-2-6-10-12/h1-10H. The lowest BCUT2D eigenvalue weighted by Gasteiger charge is -2.10. The predicted molar refractivity (Wildman–Crippen MR) is 65.7 cm³/mol. The molecule has 0 saturated heterocycles. The molecule has 4 heteroatoms. The number of rotatable bonds is 4. The van der Waals surface area contributed by atoms with Gasteiger partial charge in [0.15, 0.2) is 0 Å². The summed E-state index contributed by atoms with van der Waals surface area (Å²) in [5.74, 6) is 1.36. The molecule has 0 heterocycles. The van der Waals surface area contributed by atoms with Gasteiger partial charge in [-0.3, -0.25) is 0 Å². The van der Waals surface area contributed by atoms with Crippen molar-refractivity contribution in [2.45, 2.75) is 0 Å². The van der Waals surface area contributed by atoms with E-state index in [1.807, 2.05) is 60.7 Å². The van der Waals surface area contributed by atoms with Crippen LogP contribution in [-0.2, 0) is 0 Å². The normalized spacial score (nSPS) is 9.56. The monoisotopic (exact) mass is 232 g/mol. The Balaban J connectivity index is 1.92. The van der Waals surface area contributed by atoms with Gasteiger partial charge in [0.05, 0.1) is 0 Å². The largest absolute Gasteiger partial charge is 0.713 e. The SMILES string of the molecule is ClB(Oc1ccccc1)Oc1ccccc1. The Morgan fingerprint density at radius 3 is 1.44 bits per heavy atom. The average Bonchev–Trinajstić information content (AvgIpc) is 2.31. The molecule has 80 valence electrons. The molecular formula is C12H10BClO2. The van der Waals surface area contributed by atoms with E-state index in [2.05, 4.69) is 0 Å². The Morgan fingerprint density at radius 1 is 0.688 bits per heavy atom. The third kappa shape index (κ3) is 3.21. The molecule has 2 nitrogen and oxygen atoms in total. The van der Waals surface area contributed by atoms with Crippen molar-refractivity contribution in [3.8, 4) is 11.5 Å². The zero-order valence-corrected chi connectivity index (χ0v) is 9.30. The van der Waals surface area contributed by atoms with Crippen LogP contribution in [0.4, 0.5) is 0 Å². The number of hydrogen-bond acceptors (Lipinski definition) is 2. The van der Waals surface area contributed by atoms with Crippen molar-refractivity contribution in [3.05, 3.63) is 60.7 Å². The molecule has 0 bridgehead atoms. The smallest absolute Gasteiger partial charge is 0.513 e. The molecule has 0 aliphatic carbocycles. The highest BCUT2D eigenvalue weighted by atomic mass is 35.5. The highest BCUT2D eigenvalue weighted by Crippen LogP contribution is 2.15. The second-order valence-corrected chi connectivity index (χ2v) is 3.49. The van der Waals surface area contributed by atoms with E-state index in [-0.39, 0.29) is 0 Å². The molecule has 0 spiro atoms. The van der Waals surface area contributed by atoms with Gasteiger partial charge in [-0.1, -0.05) is 47.9 Å². The summed E-state index contributed by atoms with van der Waals surface area (Å²) >= 11 is 5.91. The fourth-order valence-corrected chi connectivity index (χ4v) is 1.44. The van der Waals surface area contributed by atoms with Gasteiger partial charge in [-0.05, 0) is 24.3 Å². The number of benzene rings is 2. The summed E-state index contributed by atoms with van der Waals surface area (Å²) in [7, 11) is 0. The lowest BCUT2D eigenvalue weighted by molar-refractivity contribution is 0.448. The van der Waals surface area contributed by atoms with Crippen LogP contribution in [0.3, 0.4) is 0 Å². The maximum atomic E-state index is 5.91. The first-order chi connectivity index (χ1) is 7.84. The zero-order chi connectivity index (χ0) is 11.2. The molecule has 2 rings (SSSR count). The molecule has 0 atom stereocenters. The summed E-state index contributed by atoms with van der Waals surface area (Å²) in [6.45, 7) is -0.829. The molecule has 16 heavy (non-hydrogen) atoms. The molecule has 2 aromatic carbocycles. The van der Waals surface area contributed by atoms with Crippen LogP contribution in [0.25, 0.3) is 0 Å². The zero-order valence-electron chi connectivity index (χ0n) is 8.55. The first-order valence-electron chi connectivity index (χ1n) is 4.92. The van der Waals surface area contributed by atoms with Crippen LogP contribution in [0.15, 0.2) is 60.7 Å². The number of halogens is 1. The number of para-hydroxylation sites is 2. The van der Waals surface area contributed by atoms with Crippen molar-refractivity contribution in [3.63, 3.8) is 0 Å². The third-order valence-electron chi connectivity index (χ3n) is 1.94. The second kappa shape index (κ2) is 5.47. The molecule has 0 aromatic heterocycles. The van der Waals surface area contributed by atoms with Crippen LogP contribution in [0.1, 0.15) is 0 Å². The minimum atomic E-state index is -0.829. The van der Waals surface area contributed by atoms with Crippen LogP contribution >= 0.6 is 11.5 Å². The Bertz CT molecular complexity index is 380. The van der Waals surface area contributed by atoms with E-state index < -0.39 is 6.53 Å². The molecular weight excluding hydrogens is 222 g/mol. The first kappa shape index (κ1) is 10.9. The van der Waals surface area contributed by atoms with Crippen LogP contribution in [0, 0.1) is 0 Å².